The van der Waals surface area contributed by atoms with Gasteiger partial charge in [-0.2, -0.15) is 0 Å². The lowest BCUT2D eigenvalue weighted by Crippen LogP contribution is -2.28. The van der Waals surface area contributed by atoms with Crippen molar-refractivity contribution in [3.8, 4) is 0 Å². The van der Waals surface area contributed by atoms with E-state index in [1.807, 2.05) is 24.3 Å². The number of nitrogens with one attached hydrogen (secondary N) is 1. The predicted molar refractivity (Wildman–Crippen MR) is 77.6 cm³/mol. The third kappa shape index (κ3) is 2.48. The van der Waals surface area contributed by atoms with Crippen LogP contribution in [0.15, 0.2) is 29.1 Å². The Balaban J connectivity index is 1.98. The highest BCUT2D eigenvalue weighted by molar-refractivity contribution is 5.78. The molecule has 0 aliphatic carbocycles. The van der Waals surface area contributed by atoms with Gasteiger partial charge in [0.25, 0.3) is 5.56 Å². The topological polar surface area (TPSA) is 49.0 Å². The molecule has 0 spiro atoms. The molecule has 1 aliphatic heterocycles. The molecule has 2 heterocycles. The molecule has 1 aromatic carbocycles. The Kier molecular flexibility index (Phi) is 3.23. The lowest BCUT2D eigenvalue weighted by molar-refractivity contribution is 0.521. The van der Waals surface area contributed by atoms with E-state index in [1.165, 1.54) is 6.42 Å². The van der Waals surface area contributed by atoms with Crippen LogP contribution in [0.5, 0.6) is 0 Å². The largest absolute Gasteiger partial charge is 0.342 e. The quantitative estimate of drug-likeness (QED) is 0.854. The summed E-state index contributed by atoms with van der Waals surface area (Å²) in [5, 5.41) is 0.662. The molecule has 0 bridgehead atoms. The number of hydrogen-bond donors (Lipinski definition) is 1. The molecule has 1 saturated heterocycles. The molecule has 0 radical (unpaired) electrons. The van der Waals surface area contributed by atoms with E-state index in [1.54, 1.807) is 0 Å². The van der Waals surface area contributed by atoms with Gasteiger partial charge in [-0.25, -0.2) is 4.98 Å². The minimum absolute atomic E-state index is 0.0436. The van der Waals surface area contributed by atoms with Crippen molar-refractivity contribution < 1.29 is 0 Å². The first-order valence-electron chi connectivity index (χ1n) is 6.98. The Hall–Kier alpha value is -1.84. The van der Waals surface area contributed by atoms with Gasteiger partial charge >= 0.3 is 0 Å². The third-order valence-electron chi connectivity index (χ3n) is 3.92. The van der Waals surface area contributed by atoms with Crippen LogP contribution >= 0.6 is 0 Å². The Labute approximate surface area is 112 Å². The summed E-state index contributed by atoms with van der Waals surface area (Å²) in [6.07, 6.45) is 3.59. The van der Waals surface area contributed by atoms with Crippen molar-refractivity contribution in [2.75, 3.05) is 18.0 Å². The summed E-state index contributed by atoms with van der Waals surface area (Å²) in [5.41, 5.74) is 0.733. The molecular formula is C15H19N3O. The summed E-state index contributed by atoms with van der Waals surface area (Å²) in [6.45, 7) is 4.24. The Morgan fingerprint density at radius 3 is 3.00 bits per heavy atom. The molecule has 4 heteroatoms. The summed E-state index contributed by atoms with van der Waals surface area (Å²) < 4.78 is 0. The van der Waals surface area contributed by atoms with E-state index in [0.717, 1.165) is 43.3 Å². The van der Waals surface area contributed by atoms with Crippen LogP contribution in [0, 0.1) is 5.92 Å². The number of benzene rings is 1. The van der Waals surface area contributed by atoms with Gasteiger partial charge in [-0.15, -0.1) is 0 Å². The number of para-hydroxylation sites is 1. The molecule has 3 rings (SSSR count). The Morgan fingerprint density at radius 1 is 1.26 bits per heavy atom. The SMILES string of the molecule is CC1CCCN(c2nc3ccccc3c(=O)[nH]2)CC1. The van der Waals surface area contributed by atoms with Crippen LogP contribution in [0.2, 0.25) is 0 Å². The van der Waals surface area contributed by atoms with Gasteiger partial charge in [0.1, 0.15) is 0 Å². The highest BCUT2D eigenvalue weighted by Crippen LogP contribution is 2.20. The van der Waals surface area contributed by atoms with Crippen LogP contribution in [0.3, 0.4) is 0 Å². The van der Waals surface area contributed by atoms with Crippen molar-refractivity contribution >= 4 is 16.9 Å². The molecule has 1 unspecified atom stereocenters. The zero-order chi connectivity index (χ0) is 13.2. The van der Waals surface area contributed by atoms with Crippen molar-refractivity contribution in [2.45, 2.75) is 26.2 Å². The van der Waals surface area contributed by atoms with Gasteiger partial charge in [0.15, 0.2) is 0 Å². The van der Waals surface area contributed by atoms with Crippen LogP contribution < -0.4 is 10.5 Å². The van der Waals surface area contributed by atoms with Gasteiger partial charge in [0.2, 0.25) is 5.95 Å². The maximum atomic E-state index is 12.1. The van der Waals surface area contributed by atoms with E-state index in [2.05, 4.69) is 21.8 Å². The van der Waals surface area contributed by atoms with E-state index in [0.29, 0.717) is 5.39 Å². The van der Waals surface area contributed by atoms with E-state index in [-0.39, 0.29) is 5.56 Å². The molecule has 1 atom stereocenters. The second kappa shape index (κ2) is 5.03. The van der Waals surface area contributed by atoms with Gasteiger partial charge < -0.3 is 4.90 Å². The second-order valence-corrected chi connectivity index (χ2v) is 5.43. The van der Waals surface area contributed by atoms with Crippen LogP contribution in [-0.4, -0.2) is 23.1 Å². The number of rotatable bonds is 1. The van der Waals surface area contributed by atoms with Crippen molar-refractivity contribution in [2.24, 2.45) is 5.92 Å². The summed E-state index contributed by atoms with van der Waals surface area (Å²) in [6, 6.07) is 7.50. The number of anilines is 1. The zero-order valence-corrected chi connectivity index (χ0v) is 11.2. The van der Waals surface area contributed by atoms with Crippen molar-refractivity contribution in [3.63, 3.8) is 0 Å². The zero-order valence-electron chi connectivity index (χ0n) is 11.2. The maximum Gasteiger partial charge on any atom is 0.260 e. The first kappa shape index (κ1) is 12.2. The highest BCUT2D eigenvalue weighted by Gasteiger charge is 2.16. The van der Waals surface area contributed by atoms with Crippen LogP contribution in [0.25, 0.3) is 10.9 Å². The highest BCUT2D eigenvalue weighted by atomic mass is 16.1. The normalized spacial score (nSPS) is 20.5. The molecule has 1 N–H and O–H groups in total. The summed E-state index contributed by atoms with van der Waals surface area (Å²) in [5.74, 6) is 1.48. The molecule has 4 nitrogen and oxygen atoms in total. The first-order valence-corrected chi connectivity index (χ1v) is 6.98. The van der Waals surface area contributed by atoms with E-state index < -0.39 is 0 Å². The average molecular weight is 257 g/mol. The number of fused-ring (bicyclic) bond motifs is 1. The second-order valence-electron chi connectivity index (χ2n) is 5.43. The first-order chi connectivity index (χ1) is 9.24. The van der Waals surface area contributed by atoms with Crippen molar-refractivity contribution in [1.82, 2.24) is 9.97 Å². The molecule has 1 aromatic heterocycles. The smallest absolute Gasteiger partial charge is 0.260 e. The van der Waals surface area contributed by atoms with Gasteiger partial charge in [-0.1, -0.05) is 19.1 Å². The number of nitrogens with zero attached hydrogens (tertiary/aromatic N) is 2. The molecule has 1 fully saturated rings. The van der Waals surface area contributed by atoms with Crippen molar-refractivity contribution in [3.05, 3.63) is 34.6 Å². The number of hydrogen-bond acceptors (Lipinski definition) is 3. The van der Waals surface area contributed by atoms with Crippen LogP contribution in [0.4, 0.5) is 5.95 Å². The minimum atomic E-state index is -0.0436. The van der Waals surface area contributed by atoms with Crippen molar-refractivity contribution in [1.29, 1.82) is 0 Å². The average Bonchev–Trinajstić information content (AvgIpc) is 2.63. The molecular weight excluding hydrogens is 238 g/mol. The summed E-state index contributed by atoms with van der Waals surface area (Å²) in [7, 11) is 0. The van der Waals surface area contributed by atoms with Gasteiger partial charge in [0, 0.05) is 13.1 Å². The monoisotopic (exact) mass is 257 g/mol. The Morgan fingerprint density at radius 2 is 2.11 bits per heavy atom. The van der Waals surface area contributed by atoms with Crippen LogP contribution in [0.1, 0.15) is 26.2 Å². The minimum Gasteiger partial charge on any atom is -0.342 e. The fraction of sp³-hybridized carbons (Fsp3) is 0.467. The lowest BCUT2D eigenvalue weighted by atomic mass is 10.0. The molecule has 2 aromatic rings. The van der Waals surface area contributed by atoms with E-state index in [9.17, 15) is 4.79 Å². The molecule has 19 heavy (non-hydrogen) atoms. The summed E-state index contributed by atoms with van der Waals surface area (Å²) in [4.78, 5) is 21.8. The molecule has 1 aliphatic rings. The summed E-state index contributed by atoms with van der Waals surface area (Å²) >= 11 is 0. The van der Waals surface area contributed by atoms with E-state index >= 15 is 0 Å². The van der Waals surface area contributed by atoms with E-state index in [4.69, 9.17) is 0 Å². The van der Waals surface area contributed by atoms with Gasteiger partial charge in [-0.05, 0) is 37.3 Å². The standard InChI is InChI=1S/C15H19N3O/c1-11-5-4-9-18(10-8-11)15-16-13-7-3-2-6-12(13)14(19)17-15/h2-3,6-7,11H,4-5,8-10H2,1H3,(H,16,17,19). The molecule has 100 valence electrons. The fourth-order valence-corrected chi connectivity index (χ4v) is 2.70. The van der Waals surface area contributed by atoms with Gasteiger partial charge in [-0.3, -0.25) is 9.78 Å². The number of aromatic amines is 1. The Bertz CT molecular complexity index is 635. The molecule has 0 amide bonds. The fourth-order valence-electron chi connectivity index (χ4n) is 2.70. The third-order valence-corrected chi connectivity index (χ3v) is 3.92. The maximum absolute atomic E-state index is 12.1. The van der Waals surface area contributed by atoms with Gasteiger partial charge in [0.05, 0.1) is 10.9 Å². The predicted octanol–water partition coefficient (Wildman–Crippen LogP) is 2.55. The lowest BCUT2D eigenvalue weighted by Gasteiger charge is -2.21. The molecule has 0 saturated carbocycles. The number of aromatic nitrogens is 2. The van der Waals surface area contributed by atoms with Crippen LogP contribution in [-0.2, 0) is 0 Å². The number of H-pyrrole nitrogens is 1.